The molecule has 0 saturated carbocycles. The zero-order valence-corrected chi connectivity index (χ0v) is 12.8. The Morgan fingerprint density at radius 2 is 1.67 bits per heavy atom. The van der Waals surface area contributed by atoms with Crippen LogP contribution < -0.4 is 10.6 Å². The van der Waals surface area contributed by atoms with E-state index in [1.54, 1.807) is 0 Å². The molecule has 1 amide bonds. The minimum atomic E-state index is -0.0252. The van der Waals surface area contributed by atoms with Crippen LogP contribution in [0.2, 0.25) is 0 Å². The lowest BCUT2D eigenvalue weighted by Crippen LogP contribution is -2.30. The number of anilines is 1. The van der Waals surface area contributed by atoms with Crippen LogP contribution in [0.15, 0.2) is 48.5 Å². The van der Waals surface area contributed by atoms with Gasteiger partial charge in [-0.15, -0.1) is 0 Å². The van der Waals surface area contributed by atoms with Crippen molar-refractivity contribution in [1.82, 2.24) is 5.32 Å². The fraction of sp³-hybridized carbons (Fsp3) is 0.278. The molecule has 3 heteroatoms. The summed E-state index contributed by atoms with van der Waals surface area (Å²) >= 11 is 0. The molecule has 0 spiro atoms. The van der Waals surface area contributed by atoms with Crippen molar-refractivity contribution < 1.29 is 4.79 Å². The van der Waals surface area contributed by atoms with E-state index in [-0.39, 0.29) is 11.9 Å². The lowest BCUT2D eigenvalue weighted by Gasteiger charge is -2.14. The standard InChI is InChI=1S/C18H22N2O/c1-13-9-14(2)11-17(10-13)20-18(21)12-19-15(3)16-7-5-4-6-8-16/h4-11,15,19H,12H2,1-3H3,(H,20,21). The zero-order chi connectivity index (χ0) is 15.2. The van der Waals surface area contributed by atoms with E-state index in [1.165, 1.54) is 5.56 Å². The number of carbonyl (C=O) groups excluding carboxylic acids is 1. The Balaban J connectivity index is 1.87. The molecule has 0 heterocycles. The van der Waals surface area contributed by atoms with Crippen LogP contribution in [0.5, 0.6) is 0 Å². The van der Waals surface area contributed by atoms with Crippen LogP contribution >= 0.6 is 0 Å². The Morgan fingerprint density at radius 1 is 1.05 bits per heavy atom. The van der Waals surface area contributed by atoms with E-state index in [4.69, 9.17) is 0 Å². The van der Waals surface area contributed by atoms with E-state index in [0.717, 1.165) is 16.8 Å². The van der Waals surface area contributed by atoms with Gasteiger partial charge in [-0.2, -0.15) is 0 Å². The molecule has 3 nitrogen and oxygen atoms in total. The summed E-state index contributed by atoms with van der Waals surface area (Å²) in [4.78, 5) is 12.0. The van der Waals surface area contributed by atoms with Gasteiger partial charge in [-0.25, -0.2) is 0 Å². The van der Waals surface area contributed by atoms with Gasteiger partial charge in [0.25, 0.3) is 0 Å². The highest BCUT2D eigenvalue weighted by molar-refractivity contribution is 5.92. The number of benzene rings is 2. The SMILES string of the molecule is Cc1cc(C)cc(NC(=O)CNC(C)c2ccccc2)c1. The smallest absolute Gasteiger partial charge is 0.238 e. The number of hydrogen-bond donors (Lipinski definition) is 2. The molecule has 0 fully saturated rings. The molecule has 0 radical (unpaired) electrons. The van der Waals surface area contributed by atoms with E-state index in [1.807, 2.05) is 44.2 Å². The number of aryl methyl sites for hydroxylation is 2. The van der Waals surface area contributed by atoms with Crippen LogP contribution in [0.4, 0.5) is 5.69 Å². The van der Waals surface area contributed by atoms with E-state index in [9.17, 15) is 4.79 Å². The van der Waals surface area contributed by atoms with E-state index < -0.39 is 0 Å². The lowest BCUT2D eigenvalue weighted by atomic mass is 10.1. The highest BCUT2D eigenvalue weighted by Crippen LogP contribution is 2.14. The summed E-state index contributed by atoms with van der Waals surface area (Å²) in [6, 6.07) is 16.3. The molecular formula is C18H22N2O. The largest absolute Gasteiger partial charge is 0.325 e. The summed E-state index contributed by atoms with van der Waals surface area (Å²) in [7, 11) is 0. The van der Waals surface area contributed by atoms with Gasteiger partial charge < -0.3 is 10.6 Å². The van der Waals surface area contributed by atoms with Gasteiger partial charge in [0.15, 0.2) is 0 Å². The minimum absolute atomic E-state index is 0.0252. The van der Waals surface area contributed by atoms with Gasteiger partial charge in [0, 0.05) is 11.7 Å². The van der Waals surface area contributed by atoms with Crippen molar-refractivity contribution in [1.29, 1.82) is 0 Å². The molecule has 2 N–H and O–H groups in total. The van der Waals surface area contributed by atoms with Crippen LogP contribution in [-0.2, 0) is 4.79 Å². The van der Waals surface area contributed by atoms with E-state index in [2.05, 4.69) is 35.8 Å². The summed E-state index contributed by atoms with van der Waals surface area (Å²) < 4.78 is 0. The lowest BCUT2D eigenvalue weighted by molar-refractivity contribution is -0.115. The third-order valence-corrected chi connectivity index (χ3v) is 3.37. The third-order valence-electron chi connectivity index (χ3n) is 3.37. The molecule has 1 atom stereocenters. The molecule has 2 aromatic carbocycles. The first kappa shape index (κ1) is 15.3. The summed E-state index contributed by atoms with van der Waals surface area (Å²) in [5.74, 6) is -0.0252. The van der Waals surface area contributed by atoms with Crippen LogP contribution in [0.1, 0.15) is 29.7 Å². The molecule has 110 valence electrons. The second kappa shape index (κ2) is 7.04. The topological polar surface area (TPSA) is 41.1 Å². The minimum Gasteiger partial charge on any atom is -0.325 e. The number of carbonyl (C=O) groups is 1. The Bertz CT molecular complexity index is 588. The molecule has 21 heavy (non-hydrogen) atoms. The van der Waals surface area contributed by atoms with Gasteiger partial charge in [-0.1, -0.05) is 36.4 Å². The molecule has 0 aliphatic rings. The molecule has 2 aromatic rings. The maximum atomic E-state index is 12.0. The van der Waals surface area contributed by atoms with E-state index in [0.29, 0.717) is 6.54 Å². The van der Waals surface area contributed by atoms with Crippen molar-refractivity contribution >= 4 is 11.6 Å². The van der Waals surface area contributed by atoms with Gasteiger partial charge in [0.1, 0.15) is 0 Å². The Kier molecular flexibility index (Phi) is 5.12. The summed E-state index contributed by atoms with van der Waals surface area (Å²) in [6.07, 6.45) is 0. The predicted molar refractivity (Wildman–Crippen MR) is 87.4 cm³/mol. The fourth-order valence-corrected chi connectivity index (χ4v) is 2.36. The average Bonchev–Trinajstić information content (AvgIpc) is 2.44. The maximum absolute atomic E-state index is 12.0. The van der Waals surface area contributed by atoms with Crippen LogP contribution in [-0.4, -0.2) is 12.5 Å². The van der Waals surface area contributed by atoms with Crippen molar-refractivity contribution in [2.75, 3.05) is 11.9 Å². The quantitative estimate of drug-likeness (QED) is 0.880. The Morgan fingerprint density at radius 3 is 2.29 bits per heavy atom. The fourth-order valence-electron chi connectivity index (χ4n) is 2.36. The number of hydrogen-bond acceptors (Lipinski definition) is 2. The summed E-state index contributed by atoms with van der Waals surface area (Å²) in [5, 5.41) is 6.17. The van der Waals surface area contributed by atoms with Gasteiger partial charge in [0.05, 0.1) is 6.54 Å². The predicted octanol–water partition coefficient (Wildman–Crippen LogP) is 3.59. The van der Waals surface area contributed by atoms with Gasteiger partial charge >= 0.3 is 0 Å². The molecule has 0 aliphatic heterocycles. The molecule has 0 aromatic heterocycles. The molecule has 2 rings (SSSR count). The normalized spacial score (nSPS) is 12.0. The first-order valence-electron chi connectivity index (χ1n) is 7.21. The highest BCUT2D eigenvalue weighted by Gasteiger charge is 2.07. The van der Waals surface area contributed by atoms with Gasteiger partial charge in [0.2, 0.25) is 5.91 Å². The zero-order valence-electron chi connectivity index (χ0n) is 12.8. The van der Waals surface area contributed by atoms with Crippen molar-refractivity contribution in [3.05, 3.63) is 65.2 Å². The highest BCUT2D eigenvalue weighted by atomic mass is 16.1. The number of amides is 1. The number of nitrogens with one attached hydrogen (secondary N) is 2. The van der Waals surface area contributed by atoms with E-state index >= 15 is 0 Å². The van der Waals surface area contributed by atoms with Crippen molar-refractivity contribution in [3.63, 3.8) is 0 Å². The third kappa shape index (κ3) is 4.72. The average molecular weight is 282 g/mol. The first-order chi connectivity index (χ1) is 10.0. The van der Waals surface area contributed by atoms with Crippen molar-refractivity contribution in [2.24, 2.45) is 0 Å². The van der Waals surface area contributed by atoms with Gasteiger partial charge in [-0.05, 0) is 49.6 Å². The molecule has 0 bridgehead atoms. The Labute approximate surface area is 126 Å². The Hall–Kier alpha value is -2.13. The second-order valence-corrected chi connectivity index (χ2v) is 5.44. The van der Waals surface area contributed by atoms with Gasteiger partial charge in [-0.3, -0.25) is 4.79 Å². The van der Waals surface area contributed by atoms with Crippen LogP contribution in [0.3, 0.4) is 0 Å². The maximum Gasteiger partial charge on any atom is 0.238 e. The van der Waals surface area contributed by atoms with Crippen LogP contribution in [0, 0.1) is 13.8 Å². The monoisotopic (exact) mass is 282 g/mol. The second-order valence-electron chi connectivity index (χ2n) is 5.44. The molecular weight excluding hydrogens is 260 g/mol. The molecule has 1 unspecified atom stereocenters. The molecule has 0 saturated heterocycles. The van der Waals surface area contributed by atoms with Crippen molar-refractivity contribution in [2.45, 2.75) is 26.8 Å². The first-order valence-corrected chi connectivity index (χ1v) is 7.21. The van der Waals surface area contributed by atoms with Crippen LogP contribution in [0.25, 0.3) is 0 Å². The number of rotatable bonds is 5. The summed E-state index contributed by atoms with van der Waals surface area (Å²) in [5.41, 5.74) is 4.33. The summed E-state index contributed by atoms with van der Waals surface area (Å²) in [6.45, 7) is 6.40. The molecule has 0 aliphatic carbocycles. The van der Waals surface area contributed by atoms with Crippen molar-refractivity contribution in [3.8, 4) is 0 Å².